The first-order chi connectivity index (χ1) is 9.08. The third kappa shape index (κ3) is 4.39. The second-order valence-corrected chi connectivity index (χ2v) is 16.4. The van der Waals surface area contributed by atoms with Crippen molar-refractivity contribution in [1.82, 2.24) is 4.39 Å². The van der Waals surface area contributed by atoms with Crippen LogP contribution in [0.2, 0.25) is 18.1 Å². The summed E-state index contributed by atoms with van der Waals surface area (Å²) in [6.07, 6.45) is 0. The maximum atomic E-state index is 12.7. The molecule has 0 saturated carbocycles. The summed E-state index contributed by atoms with van der Waals surface area (Å²) in [5.74, 6) is 0. The van der Waals surface area contributed by atoms with Crippen LogP contribution in [0.25, 0.3) is 0 Å². The molecule has 2 N–H and O–H groups in total. The Bertz CT molecular complexity index is 625. The van der Waals surface area contributed by atoms with Crippen molar-refractivity contribution in [2.75, 3.05) is 0 Å². The van der Waals surface area contributed by atoms with Crippen molar-refractivity contribution in [2.24, 2.45) is 0 Å². The monoisotopic (exact) mass is 413 g/mol. The normalized spacial score (nSPS) is 14.5. The fraction of sp³-hybridized carbons (Fsp3) is 0.692. The molecule has 0 aliphatic heterocycles. The van der Waals surface area contributed by atoms with Crippen LogP contribution in [-0.2, 0) is 15.6 Å². The van der Waals surface area contributed by atoms with E-state index in [0.717, 1.165) is 11.3 Å². The molecule has 1 rings (SSSR count). The van der Waals surface area contributed by atoms with Gasteiger partial charge in [-0.1, -0.05) is 33.9 Å². The number of rotatable bonds is 4. The zero-order valence-corrected chi connectivity index (χ0v) is 17.8. The molecule has 0 aromatic carbocycles. The van der Waals surface area contributed by atoms with E-state index in [1.54, 1.807) is 19.9 Å². The van der Waals surface area contributed by atoms with Crippen molar-refractivity contribution in [3.8, 4) is 0 Å². The van der Waals surface area contributed by atoms with E-state index in [2.05, 4.69) is 20.3 Å². The third-order valence-electron chi connectivity index (χ3n) is 3.77. The van der Waals surface area contributed by atoms with Crippen molar-refractivity contribution < 1.29 is 13.5 Å². The lowest BCUT2D eigenvalue weighted by atomic mass is 10.1. The van der Waals surface area contributed by atoms with Gasteiger partial charge in [0.05, 0.1) is 5.60 Å². The molecule has 0 spiro atoms. The highest BCUT2D eigenvalue weighted by Gasteiger charge is 2.40. The van der Waals surface area contributed by atoms with E-state index < -0.39 is 23.9 Å². The summed E-state index contributed by atoms with van der Waals surface area (Å²) in [5.41, 5.74) is -1.06. The van der Waals surface area contributed by atoms with E-state index in [1.165, 1.54) is 0 Å². The molecule has 21 heavy (non-hydrogen) atoms. The predicted octanol–water partition coefficient (Wildman–Crippen LogP) is 4.02. The lowest BCUT2D eigenvalue weighted by Crippen LogP contribution is -2.54. The molecule has 4 nitrogen and oxygen atoms in total. The minimum Gasteiger partial charge on any atom is -0.385 e. The zero-order chi connectivity index (χ0) is 16.9. The summed E-state index contributed by atoms with van der Waals surface area (Å²) >= 11 is 4.40. The first-order valence-electron chi connectivity index (χ1n) is 6.64. The number of hydrogen-bond donors (Lipinski definition) is 2. The Hall–Kier alpha value is 0.267. The maximum Gasteiger partial charge on any atom is 0.245 e. The van der Waals surface area contributed by atoms with Crippen LogP contribution in [-0.4, -0.2) is 21.8 Å². The summed E-state index contributed by atoms with van der Waals surface area (Å²) in [7, 11) is -5.80. The fourth-order valence-corrected chi connectivity index (χ4v) is 9.10. The Kier molecular flexibility index (Phi) is 5.26. The number of aliphatic hydroxyl groups is 1. The van der Waals surface area contributed by atoms with Crippen molar-refractivity contribution in [3.63, 3.8) is 0 Å². The summed E-state index contributed by atoms with van der Waals surface area (Å²) in [4.78, 5) is 0.616. The molecular weight excluding hydrogens is 390 g/mol. The maximum absolute atomic E-state index is 12.7. The van der Waals surface area contributed by atoms with Crippen molar-refractivity contribution in [2.45, 2.75) is 62.6 Å². The van der Waals surface area contributed by atoms with E-state index in [-0.39, 0.29) is 9.25 Å². The van der Waals surface area contributed by atoms with Gasteiger partial charge < -0.3 is 5.11 Å². The van der Waals surface area contributed by atoms with Gasteiger partial charge in [-0.3, -0.25) is 0 Å². The SMILES string of the molecule is CC(C)(O)c1cc(Br)c(S(=O)(=O)N[Si](C)(C)C(C)(C)C)s1. The highest BCUT2D eigenvalue weighted by molar-refractivity contribution is 9.10. The van der Waals surface area contributed by atoms with Gasteiger partial charge in [0.25, 0.3) is 0 Å². The number of sulfonamides is 1. The molecule has 122 valence electrons. The molecule has 1 heterocycles. The Morgan fingerprint density at radius 1 is 1.24 bits per heavy atom. The number of hydrogen-bond acceptors (Lipinski definition) is 4. The Balaban J connectivity index is 3.25. The molecule has 0 amide bonds. The predicted molar refractivity (Wildman–Crippen MR) is 94.8 cm³/mol. The first kappa shape index (κ1) is 19.3. The molecular formula is C13H24BrNO3S2Si. The molecule has 0 atom stereocenters. The molecule has 0 aliphatic rings. The van der Waals surface area contributed by atoms with Crippen LogP contribution < -0.4 is 4.39 Å². The van der Waals surface area contributed by atoms with Crippen molar-refractivity contribution >= 4 is 45.5 Å². The zero-order valence-electron chi connectivity index (χ0n) is 13.5. The summed E-state index contributed by atoms with van der Waals surface area (Å²) < 4.78 is 29.0. The van der Waals surface area contributed by atoms with Crippen LogP contribution in [0, 0.1) is 0 Å². The molecule has 0 unspecified atom stereocenters. The van der Waals surface area contributed by atoms with Gasteiger partial charge in [0, 0.05) is 9.35 Å². The summed E-state index contributed by atoms with van der Waals surface area (Å²) in [6.45, 7) is 13.4. The molecule has 1 aromatic heterocycles. The molecule has 0 saturated heterocycles. The van der Waals surface area contributed by atoms with E-state index in [0.29, 0.717) is 9.35 Å². The largest absolute Gasteiger partial charge is 0.385 e. The lowest BCUT2D eigenvalue weighted by Gasteiger charge is -2.36. The van der Waals surface area contributed by atoms with Crippen LogP contribution in [0.4, 0.5) is 0 Å². The highest BCUT2D eigenvalue weighted by Crippen LogP contribution is 2.39. The average molecular weight is 414 g/mol. The van der Waals surface area contributed by atoms with E-state index in [9.17, 15) is 13.5 Å². The van der Waals surface area contributed by atoms with E-state index >= 15 is 0 Å². The van der Waals surface area contributed by atoms with Crippen molar-refractivity contribution in [1.29, 1.82) is 0 Å². The van der Waals surface area contributed by atoms with Crippen LogP contribution in [0.15, 0.2) is 14.7 Å². The van der Waals surface area contributed by atoms with Gasteiger partial charge in [0.15, 0.2) is 0 Å². The van der Waals surface area contributed by atoms with Crippen LogP contribution >= 0.6 is 27.3 Å². The lowest BCUT2D eigenvalue weighted by molar-refractivity contribution is 0.0825. The first-order valence-corrected chi connectivity index (χ1v) is 12.7. The standard InChI is InChI=1S/C13H24BrNO3S2Si/c1-12(2,3)21(6,7)15-20(17,18)11-9(14)8-10(19-11)13(4,5)16/h8,15-16H,1-7H3. The van der Waals surface area contributed by atoms with E-state index in [1.807, 2.05) is 33.9 Å². The second-order valence-electron chi connectivity index (χ2n) is 7.29. The molecule has 0 bridgehead atoms. The second kappa shape index (κ2) is 5.72. The Morgan fingerprint density at radius 2 is 1.71 bits per heavy atom. The van der Waals surface area contributed by atoms with Crippen LogP contribution in [0.5, 0.6) is 0 Å². The fourth-order valence-electron chi connectivity index (χ4n) is 1.37. The topological polar surface area (TPSA) is 66.4 Å². The summed E-state index contributed by atoms with van der Waals surface area (Å²) in [5, 5.41) is 9.94. The number of nitrogens with one attached hydrogen (secondary N) is 1. The van der Waals surface area contributed by atoms with Crippen LogP contribution in [0.3, 0.4) is 0 Å². The number of thiophene rings is 1. The molecule has 0 aliphatic carbocycles. The highest BCUT2D eigenvalue weighted by atomic mass is 79.9. The minimum atomic E-state index is -3.60. The van der Waals surface area contributed by atoms with Gasteiger partial charge in [0.2, 0.25) is 10.0 Å². The van der Waals surface area contributed by atoms with E-state index in [4.69, 9.17) is 0 Å². The summed E-state index contributed by atoms with van der Waals surface area (Å²) in [6, 6.07) is 1.67. The minimum absolute atomic E-state index is 0.0944. The van der Waals surface area contributed by atoms with Crippen LogP contribution in [0.1, 0.15) is 39.5 Å². The Labute approximate surface area is 141 Å². The van der Waals surface area contributed by atoms with Gasteiger partial charge in [-0.15, -0.1) is 11.3 Å². The smallest absolute Gasteiger partial charge is 0.245 e. The number of halogens is 1. The quantitative estimate of drug-likeness (QED) is 0.732. The van der Waals surface area contributed by atoms with Gasteiger partial charge in [-0.25, -0.2) is 12.8 Å². The Morgan fingerprint density at radius 3 is 2.05 bits per heavy atom. The molecule has 0 fully saturated rings. The molecule has 0 radical (unpaired) electrons. The molecule has 1 aromatic rings. The van der Waals surface area contributed by atoms with Gasteiger partial charge in [0.1, 0.15) is 12.4 Å². The third-order valence-corrected chi connectivity index (χ3v) is 14.6. The van der Waals surface area contributed by atoms with Gasteiger partial charge >= 0.3 is 0 Å². The van der Waals surface area contributed by atoms with Crippen molar-refractivity contribution in [3.05, 3.63) is 15.4 Å². The molecule has 8 heteroatoms. The van der Waals surface area contributed by atoms with Gasteiger partial charge in [-0.2, -0.15) is 0 Å². The average Bonchev–Trinajstić information content (AvgIpc) is 2.56. The van der Waals surface area contributed by atoms with Gasteiger partial charge in [-0.05, 0) is 40.9 Å².